The van der Waals surface area contributed by atoms with E-state index in [1.807, 2.05) is 18.2 Å². The number of aliphatic hydroxyl groups is 1. The fraction of sp³-hybridized carbons (Fsp3) is 0.125. The smallest absolute Gasteiger partial charge is 0.111 e. The predicted molar refractivity (Wildman–Crippen MR) is 46.9 cm³/mol. The van der Waals surface area contributed by atoms with Crippen LogP contribution in [0, 0.1) is 0 Å². The van der Waals surface area contributed by atoms with E-state index < -0.39 is 0 Å². The lowest BCUT2D eigenvalue weighted by atomic mass is 10.2. The molecule has 0 bridgehead atoms. The first-order valence-corrected chi connectivity index (χ1v) is 3.88. The van der Waals surface area contributed by atoms with Gasteiger partial charge in [0.25, 0.3) is 0 Å². The summed E-state index contributed by atoms with van der Waals surface area (Å²) in [4.78, 5) is 4.06. The number of rotatable bonds is 1. The van der Waals surface area contributed by atoms with Crippen LogP contribution >= 0.6 is 11.8 Å². The summed E-state index contributed by atoms with van der Waals surface area (Å²) in [6.07, 6.45) is 1.52. The van der Waals surface area contributed by atoms with E-state index in [4.69, 9.17) is 16.9 Å². The second-order valence-corrected chi connectivity index (χ2v) is 2.86. The Kier molecular flexibility index (Phi) is 1.75. The van der Waals surface area contributed by atoms with Crippen LogP contribution in [-0.2, 0) is 6.61 Å². The number of benzene rings is 1. The van der Waals surface area contributed by atoms with Crippen LogP contribution in [0.5, 0.6) is 0 Å². The molecule has 0 fully saturated rings. The Bertz CT molecular complexity index is 410. The molecule has 2 rings (SSSR count). The number of halogens is 1. The molecule has 0 atom stereocenters. The molecule has 0 aliphatic carbocycles. The van der Waals surface area contributed by atoms with Crippen molar-refractivity contribution in [1.29, 1.82) is 0 Å². The number of para-hydroxylation sites is 1. The van der Waals surface area contributed by atoms with E-state index in [9.17, 15) is 0 Å². The zero-order valence-electron chi connectivity index (χ0n) is 6.24. The van der Waals surface area contributed by atoms with Crippen molar-refractivity contribution < 1.29 is 5.11 Å². The van der Waals surface area contributed by atoms with Crippen LogP contribution in [-0.4, -0.2) is 14.2 Å². The summed E-state index contributed by atoms with van der Waals surface area (Å²) in [6, 6.07) is 5.52. The van der Waals surface area contributed by atoms with Gasteiger partial charge >= 0.3 is 0 Å². The SMILES string of the molecule is OCc1cccc2c1ncn2Cl. The van der Waals surface area contributed by atoms with E-state index in [0.717, 1.165) is 16.6 Å². The second kappa shape index (κ2) is 2.77. The van der Waals surface area contributed by atoms with Crippen LogP contribution in [0.25, 0.3) is 11.0 Å². The Balaban J connectivity index is 2.81. The van der Waals surface area contributed by atoms with Crippen molar-refractivity contribution in [2.75, 3.05) is 0 Å². The molecule has 1 aromatic heterocycles. The first kappa shape index (κ1) is 7.58. The van der Waals surface area contributed by atoms with Crippen LogP contribution in [0.3, 0.4) is 0 Å². The zero-order valence-corrected chi connectivity index (χ0v) is 6.99. The Labute approximate surface area is 74.3 Å². The average Bonchev–Trinajstić information content (AvgIpc) is 2.48. The first-order chi connectivity index (χ1) is 5.83. The molecule has 4 heteroatoms. The minimum atomic E-state index is -0.00869. The summed E-state index contributed by atoms with van der Waals surface area (Å²) in [5.74, 6) is 0. The summed E-state index contributed by atoms with van der Waals surface area (Å²) < 4.78 is 1.41. The fourth-order valence-electron chi connectivity index (χ4n) is 1.20. The summed E-state index contributed by atoms with van der Waals surface area (Å²) in [6.45, 7) is -0.00869. The third kappa shape index (κ3) is 0.983. The minimum absolute atomic E-state index is 0.00869. The van der Waals surface area contributed by atoms with Crippen molar-refractivity contribution in [3.8, 4) is 0 Å². The van der Waals surface area contributed by atoms with Crippen LogP contribution in [0.15, 0.2) is 24.5 Å². The average molecular weight is 183 g/mol. The lowest BCUT2D eigenvalue weighted by molar-refractivity contribution is 0.283. The third-order valence-electron chi connectivity index (χ3n) is 1.79. The normalized spacial score (nSPS) is 10.8. The van der Waals surface area contributed by atoms with Gasteiger partial charge in [-0.1, -0.05) is 12.1 Å². The number of nitrogens with zero attached hydrogens (tertiary/aromatic N) is 2. The van der Waals surface area contributed by atoms with Crippen molar-refractivity contribution >= 4 is 22.8 Å². The highest BCUT2D eigenvalue weighted by Gasteiger charge is 2.03. The molecule has 2 aromatic rings. The van der Waals surface area contributed by atoms with Gasteiger partial charge in [-0.3, -0.25) is 0 Å². The molecule has 12 heavy (non-hydrogen) atoms. The summed E-state index contributed by atoms with van der Waals surface area (Å²) >= 11 is 5.77. The second-order valence-electron chi connectivity index (χ2n) is 2.50. The molecule has 3 nitrogen and oxygen atoms in total. The molecule has 0 aliphatic rings. The molecule has 0 spiro atoms. The maximum absolute atomic E-state index is 8.95. The number of hydrogen-bond donors (Lipinski definition) is 1. The van der Waals surface area contributed by atoms with Crippen molar-refractivity contribution in [2.24, 2.45) is 0 Å². The number of aromatic nitrogens is 2. The molecule has 1 N–H and O–H groups in total. The molecule has 1 heterocycles. The Morgan fingerprint density at radius 1 is 1.50 bits per heavy atom. The molecule has 0 amide bonds. The van der Waals surface area contributed by atoms with Crippen LogP contribution in [0.2, 0.25) is 0 Å². The molecule has 0 saturated heterocycles. The van der Waals surface area contributed by atoms with Gasteiger partial charge in [0, 0.05) is 17.3 Å². The lowest BCUT2D eigenvalue weighted by Gasteiger charge is -1.96. The Morgan fingerprint density at radius 2 is 2.33 bits per heavy atom. The number of fused-ring (bicyclic) bond motifs is 1. The molecule has 1 aromatic carbocycles. The van der Waals surface area contributed by atoms with Gasteiger partial charge in [0.1, 0.15) is 6.33 Å². The maximum Gasteiger partial charge on any atom is 0.111 e. The van der Waals surface area contributed by atoms with Gasteiger partial charge < -0.3 is 5.11 Å². The van der Waals surface area contributed by atoms with Crippen LogP contribution < -0.4 is 0 Å². The number of imidazole rings is 1. The summed E-state index contributed by atoms with van der Waals surface area (Å²) in [7, 11) is 0. The highest BCUT2D eigenvalue weighted by atomic mass is 35.5. The minimum Gasteiger partial charge on any atom is -0.392 e. The molecule has 0 unspecified atom stereocenters. The van der Waals surface area contributed by atoms with E-state index in [1.165, 1.54) is 10.4 Å². The van der Waals surface area contributed by atoms with E-state index in [0.29, 0.717) is 0 Å². The Morgan fingerprint density at radius 3 is 3.08 bits per heavy atom. The van der Waals surface area contributed by atoms with E-state index in [-0.39, 0.29) is 6.61 Å². The van der Waals surface area contributed by atoms with Crippen molar-refractivity contribution in [2.45, 2.75) is 6.61 Å². The van der Waals surface area contributed by atoms with Gasteiger partial charge in [-0.15, -0.1) is 0 Å². The highest BCUT2D eigenvalue weighted by molar-refractivity contribution is 6.18. The summed E-state index contributed by atoms with van der Waals surface area (Å²) in [5.41, 5.74) is 2.38. The van der Waals surface area contributed by atoms with Gasteiger partial charge in [0.05, 0.1) is 17.6 Å². The van der Waals surface area contributed by atoms with Gasteiger partial charge in [-0.25, -0.2) is 9.07 Å². The molecular weight excluding hydrogens is 176 g/mol. The van der Waals surface area contributed by atoms with Crippen LogP contribution in [0.4, 0.5) is 0 Å². The number of hydrogen-bond acceptors (Lipinski definition) is 2. The van der Waals surface area contributed by atoms with Gasteiger partial charge in [-0.2, -0.15) is 0 Å². The third-order valence-corrected chi connectivity index (χ3v) is 2.06. The zero-order chi connectivity index (χ0) is 8.55. The van der Waals surface area contributed by atoms with Gasteiger partial charge in [-0.05, 0) is 6.07 Å². The topological polar surface area (TPSA) is 38.1 Å². The van der Waals surface area contributed by atoms with Gasteiger partial charge in [0.2, 0.25) is 0 Å². The fourth-order valence-corrected chi connectivity index (χ4v) is 1.38. The lowest BCUT2D eigenvalue weighted by Crippen LogP contribution is -1.84. The molecule has 0 saturated carbocycles. The molecule has 0 radical (unpaired) electrons. The number of aliphatic hydroxyl groups excluding tert-OH is 1. The van der Waals surface area contributed by atoms with Gasteiger partial charge in [0.15, 0.2) is 0 Å². The van der Waals surface area contributed by atoms with Crippen LogP contribution in [0.1, 0.15) is 5.56 Å². The predicted octanol–water partition coefficient (Wildman–Crippen LogP) is 1.53. The molecule has 62 valence electrons. The van der Waals surface area contributed by atoms with E-state index >= 15 is 0 Å². The standard InChI is InChI=1S/C8H7ClN2O/c9-11-5-10-8-6(4-12)2-1-3-7(8)11/h1-3,5,12H,4H2. The van der Waals surface area contributed by atoms with E-state index in [2.05, 4.69) is 4.98 Å². The maximum atomic E-state index is 8.95. The van der Waals surface area contributed by atoms with Crippen molar-refractivity contribution in [1.82, 2.24) is 9.07 Å². The first-order valence-electron chi connectivity index (χ1n) is 3.55. The largest absolute Gasteiger partial charge is 0.392 e. The van der Waals surface area contributed by atoms with Crippen molar-refractivity contribution in [3.05, 3.63) is 30.1 Å². The van der Waals surface area contributed by atoms with E-state index in [1.54, 1.807) is 0 Å². The monoisotopic (exact) mass is 182 g/mol. The quantitative estimate of drug-likeness (QED) is 0.727. The molecule has 0 aliphatic heterocycles. The summed E-state index contributed by atoms with van der Waals surface area (Å²) in [5, 5.41) is 8.95. The Hall–Kier alpha value is -1.06. The van der Waals surface area contributed by atoms with Crippen molar-refractivity contribution in [3.63, 3.8) is 0 Å². The molecular formula is C8H7ClN2O. The highest BCUT2D eigenvalue weighted by Crippen LogP contribution is 2.17.